The lowest BCUT2D eigenvalue weighted by Crippen LogP contribution is -2.30. The van der Waals surface area contributed by atoms with E-state index in [9.17, 15) is 8.42 Å². The summed E-state index contributed by atoms with van der Waals surface area (Å²) in [6, 6.07) is 4.36. The minimum atomic E-state index is -3.62. The average molecular weight is 279 g/mol. The van der Waals surface area contributed by atoms with Gasteiger partial charge in [0.1, 0.15) is 4.90 Å². The SMILES string of the molecule is COCCN(C)S(=O)(=O)c1cc(Cl)ccc1N. The standard InChI is InChI=1S/C10H15ClN2O3S/c1-13(5-6-16-2)17(14,15)10-7-8(11)3-4-9(10)12/h3-4,7H,5-6,12H2,1-2H3. The molecule has 0 aliphatic rings. The van der Waals surface area contributed by atoms with Gasteiger partial charge in [0.15, 0.2) is 0 Å². The van der Waals surface area contributed by atoms with Crippen LogP contribution in [0.5, 0.6) is 0 Å². The van der Waals surface area contributed by atoms with E-state index >= 15 is 0 Å². The van der Waals surface area contributed by atoms with Crippen LogP contribution >= 0.6 is 11.6 Å². The van der Waals surface area contributed by atoms with Crippen LogP contribution in [0.1, 0.15) is 0 Å². The number of nitrogen functional groups attached to an aromatic ring is 1. The summed E-state index contributed by atoms with van der Waals surface area (Å²) < 4.78 is 30.3. The summed E-state index contributed by atoms with van der Waals surface area (Å²) in [5, 5.41) is 0.331. The van der Waals surface area contributed by atoms with Crippen molar-refractivity contribution in [2.45, 2.75) is 4.90 Å². The Morgan fingerprint density at radius 3 is 2.71 bits per heavy atom. The van der Waals surface area contributed by atoms with Crippen LogP contribution in [0.4, 0.5) is 5.69 Å². The number of hydrogen-bond acceptors (Lipinski definition) is 4. The van der Waals surface area contributed by atoms with Gasteiger partial charge in [0.2, 0.25) is 10.0 Å². The maximum Gasteiger partial charge on any atom is 0.244 e. The predicted octanol–water partition coefficient (Wildman–Crippen LogP) is 1.19. The smallest absolute Gasteiger partial charge is 0.244 e. The lowest BCUT2D eigenvalue weighted by Gasteiger charge is -2.17. The fraction of sp³-hybridized carbons (Fsp3) is 0.400. The van der Waals surface area contributed by atoms with E-state index in [0.717, 1.165) is 0 Å². The molecular formula is C10H15ClN2O3S. The number of nitrogens with two attached hydrogens (primary N) is 1. The summed E-state index contributed by atoms with van der Waals surface area (Å²) >= 11 is 5.77. The Kier molecular flexibility index (Phi) is 4.76. The van der Waals surface area contributed by atoms with Crippen molar-refractivity contribution in [3.8, 4) is 0 Å². The van der Waals surface area contributed by atoms with E-state index in [0.29, 0.717) is 11.6 Å². The second kappa shape index (κ2) is 5.68. The number of nitrogens with zero attached hydrogens (tertiary/aromatic N) is 1. The first kappa shape index (κ1) is 14.2. The Hall–Kier alpha value is -0.820. The van der Waals surface area contributed by atoms with Crippen molar-refractivity contribution < 1.29 is 13.2 Å². The van der Waals surface area contributed by atoms with Crippen LogP contribution in [0.2, 0.25) is 5.02 Å². The zero-order chi connectivity index (χ0) is 13.1. The molecule has 0 spiro atoms. The van der Waals surface area contributed by atoms with Gasteiger partial charge in [0.05, 0.1) is 12.3 Å². The number of rotatable bonds is 5. The van der Waals surface area contributed by atoms with E-state index in [4.69, 9.17) is 22.1 Å². The first-order valence-electron chi connectivity index (χ1n) is 4.90. The summed E-state index contributed by atoms with van der Waals surface area (Å²) in [6.07, 6.45) is 0. The molecule has 0 saturated heterocycles. The zero-order valence-corrected chi connectivity index (χ0v) is 11.3. The van der Waals surface area contributed by atoms with Gasteiger partial charge < -0.3 is 10.5 Å². The molecule has 0 aliphatic heterocycles. The Morgan fingerprint density at radius 1 is 1.47 bits per heavy atom. The van der Waals surface area contributed by atoms with Crippen molar-refractivity contribution in [1.29, 1.82) is 0 Å². The van der Waals surface area contributed by atoms with Gasteiger partial charge in [0.25, 0.3) is 0 Å². The van der Waals surface area contributed by atoms with Crippen LogP contribution in [0.25, 0.3) is 0 Å². The van der Waals surface area contributed by atoms with E-state index in [-0.39, 0.29) is 17.1 Å². The number of anilines is 1. The molecule has 0 heterocycles. The summed E-state index contributed by atoms with van der Waals surface area (Å²) in [5.74, 6) is 0. The fourth-order valence-corrected chi connectivity index (χ4v) is 2.77. The van der Waals surface area contributed by atoms with Crippen molar-refractivity contribution in [3.63, 3.8) is 0 Å². The molecule has 17 heavy (non-hydrogen) atoms. The molecule has 5 nitrogen and oxygen atoms in total. The molecule has 1 aromatic rings. The highest BCUT2D eigenvalue weighted by molar-refractivity contribution is 7.89. The minimum absolute atomic E-state index is 0.0172. The van der Waals surface area contributed by atoms with Gasteiger partial charge in [0, 0.05) is 25.7 Å². The maximum absolute atomic E-state index is 12.1. The first-order valence-corrected chi connectivity index (χ1v) is 6.71. The van der Waals surface area contributed by atoms with Gasteiger partial charge in [-0.1, -0.05) is 11.6 Å². The lowest BCUT2D eigenvalue weighted by atomic mass is 10.3. The number of ether oxygens (including phenoxy) is 1. The van der Waals surface area contributed by atoms with Crippen molar-refractivity contribution in [3.05, 3.63) is 23.2 Å². The maximum atomic E-state index is 12.1. The highest BCUT2D eigenvalue weighted by Gasteiger charge is 2.23. The molecule has 0 unspecified atom stereocenters. The van der Waals surface area contributed by atoms with Gasteiger partial charge in [-0.15, -0.1) is 0 Å². The van der Waals surface area contributed by atoms with Crippen LogP contribution in [-0.4, -0.2) is 40.0 Å². The summed E-state index contributed by atoms with van der Waals surface area (Å²) in [5.41, 5.74) is 5.83. The first-order chi connectivity index (χ1) is 7.89. The Labute approximate surface area is 106 Å². The Balaban J connectivity index is 3.08. The van der Waals surface area contributed by atoms with Crippen LogP contribution in [0.15, 0.2) is 23.1 Å². The van der Waals surface area contributed by atoms with E-state index in [2.05, 4.69) is 0 Å². The minimum Gasteiger partial charge on any atom is -0.398 e. The van der Waals surface area contributed by atoms with E-state index in [1.165, 1.54) is 30.6 Å². The third-order valence-electron chi connectivity index (χ3n) is 2.27. The molecule has 7 heteroatoms. The Bertz CT molecular complexity index is 490. The third-order valence-corrected chi connectivity index (χ3v) is 4.42. The summed E-state index contributed by atoms with van der Waals surface area (Å²) in [7, 11) is -0.645. The van der Waals surface area contributed by atoms with Crippen LogP contribution < -0.4 is 5.73 Å². The molecule has 0 aliphatic carbocycles. The predicted molar refractivity (Wildman–Crippen MR) is 67.6 cm³/mol. The highest BCUT2D eigenvalue weighted by Crippen LogP contribution is 2.24. The van der Waals surface area contributed by atoms with Crippen molar-refractivity contribution in [1.82, 2.24) is 4.31 Å². The molecule has 0 saturated carbocycles. The zero-order valence-electron chi connectivity index (χ0n) is 9.68. The second-order valence-corrected chi connectivity index (χ2v) is 5.95. The molecule has 2 N–H and O–H groups in total. The topological polar surface area (TPSA) is 72.6 Å². The normalized spacial score (nSPS) is 12.0. The quantitative estimate of drug-likeness (QED) is 0.821. The molecule has 0 radical (unpaired) electrons. The largest absolute Gasteiger partial charge is 0.398 e. The molecule has 0 amide bonds. The molecule has 0 bridgehead atoms. The molecular weight excluding hydrogens is 264 g/mol. The van der Waals surface area contributed by atoms with E-state index in [1.807, 2.05) is 0 Å². The molecule has 0 aromatic heterocycles. The molecule has 0 atom stereocenters. The number of methoxy groups -OCH3 is 1. The second-order valence-electron chi connectivity index (χ2n) is 3.50. The summed E-state index contributed by atoms with van der Waals surface area (Å²) in [6.45, 7) is 0.570. The molecule has 1 rings (SSSR count). The van der Waals surface area contributed by atoms with Crippen LogP contribution in [-0.2, 0) is 14.8 Å². The Morgan fingerprint density at radius 2 is 2.12 bits per heavy atom. The van der Waals surface area contributed by atoms with Gasteiger partial charge >= 0.3 is 0 Å². The lowest BCUT2D eigenvalue weighted by molar-refractivity contribution is 0.185. The highest BCUT2D eigenvalue weighted by atomic mass is 35.5. The molecule has 1 aromatic carbocycles. The van der Waals surface area contributed by atoms with Crippen LogP contribution in [0.3, 0.4) is 0 Å². The van der Waals surface area contributed by atoms with E-state index in [1.54, 1.807) is 6.07 Å². The van der Waals surface area contributed by atoms with Gasteiger partial charge in [-0.05, 0) is 18.2 Å². The number of benzene rings is 1. The number of likely N-dealkylation sites (N-methyl/N-ethyl adjacent to an activating group) is 1. The van der Waals surface area contributed by atoms with Crippen molar-refractivity contribution >= 4 is 27.3 Å². The summed E-state index contributed by atoms with van der Waals surface area (Å²) in [4.78, 5) is 0.0172. The van der Waals surface area contributed by atoms with Gasteiger partial charge in [-0.3, -0.25) is 0 Å². The van der Waals surface area contributed by atoms with E-state index < -0.39 is 10.0 Å². The average Bonchev–Trinajstić information content (AvgIpc) is 2.28. The van der Waals surface area contributed by atoms with Crippen molar-refractivity contribution in [2.75, 3.05) is 33.0 Å². The molecule has 0 fully saturated rings. The number of sulfonamides is 1. The molecule has 96 valence electrons. The van der Waals surface area contributed by atoms with Gasteiger partial charge in [-0.25, -0.2) is 8.42 Å². The number of halogens is 1. The van der Waals surface area contributed by atoms with Gasteiger partial charge in [-0.2, -0.15) is 4.31 Å². The number of hydrogen-bond donors (Lipinski definition) is 1. The monoisotopic (exact) mass is 278 g/mol. The fourth-order valence-electron chi connectivity index (χ4n) is 1.24. The van der Waals surface area contributed by atoms with Crippen molar-refractivity contribution in [2.24, 2.45) is 0 Å². The third kappa shape index (κ3) is 3.32. The van der Waals surface area contributed by atoms with Crippen LogP contribution in [0, 0.1) is 0 Å².